The van der Waals surface area contributed by atoms with Gasteiger partial charge in [-0.2, -0.15) is 0 Å². The molecule has 0 spiro atoms. The van der Waals surface area contributed by atoms with E-state index < -0.39 is 10.0 Å². The molecule has 2 aromatic carbocycles. The van der Waals surface area contributed by atoms with E-state index in [1.165, 1.54) is 13.4 Å². The van der Waals surface area contributed by atoms with Crippen LogP contribution < -0.4 is 14.2 Å². The zero-order valence-corrected chi connectivity index (χ0v) is 17.7. The van der Waals surface area contributed by atoms with Crippen molar-refractivity contribution < 1.29 is 17.9 Å². The lowest BCUT2D eigenvalue weighted by molar-refractivity contribution is 0.402. The van der Waals surface area contributed by atoms with Crippen molar-refractivity contribution in [2.24, 2.45) is 0 Å². The van der Waals surface area contributed by atoms with E-state index in [1.807, 2.05) is 36.0 Å². The number of hydrogen-bond donors (Lipinski definition) is 1. The quantitative estimate of drug-likeness (QED) is 0.467. The topological polar surface area (TPSA) is 95.3 Å². The highest BCUT2D eigenvalue weighted by Gasteiger charge is 2.20. The third-order valence-electron chi connectivity index (χ3n) is 4.43. The van der Waals surface area contributed by atoms with Crippen LogP contribution in [0.3, 0.4) is 0 Å². The summed E-state index contributed by atoms with van der Waals surface area (Å²) in [5, 5.41) is 0. The smallest absolute Gasteiger partial charge is 0.265 e. The number of nitrogens with zero attached hydrogens (tertiary/aromatic N) is 3. The molecule has 1 N–H and O–H groups in total. The normalized spacial score (nSPS) is 11.2. The van der Waals surface area contributed by atoms with Crippen LogP contribution in [-0.2, 0) is 10.0 Å². The fourth-order valence-electron chi connectivity index (χ4n) is 2.93. The number of methoxy groups -OCH3 is 1. The van der Waals surface area contributed by atoms with E-state index in [0.29, 0.717) is 23.1 Å². The minimum absolute atomic E-state index is 0.0776. The van der Waals surface area contributed by atoms with Crippen molar-refractivity contribution in [3.05, 3.63) is 84.9 Å². The zero-order chi connectivity index (χ0) is 21.8. The Morgan fingerprint density at radius 3 is 2.42 bits per heavy atom. The average Bonchev–Trinajstić information content (AvgIpc) is 3.30. The molecule has 4 rings (SSSR count). The molecule has 4 aromatic rings. The van der Waals surface area contributed by atoms with Gasteiger partial charge in [-0.15, -0.1) is 0 Å². The molecule has 0 aliphatic rings. The fourth-order valence-corrected chi connectivity index (χ4v) is 4.24. The second-order valence-electron chi connectivity index (χ2n) is 6.69. The highest BCUT2D eigenvalue weighted by atomic mass is 32.2. The van der Waals surface area contributed by atoms with Gasteiger partial charge >= 0.3 is 0 Å². The number of sulfonamides is 1. The Balaban J connectivity index is 1.50. The number of benzene rings is 2. The summed E-state index contributed by atoms with van der Waals surface area (Å²) in [4.78, 5) is 8.41. The second-order valence-corrected chi connectivity index (χ2v) is 8.34. The van der Waals surface area contributed by atoms with Crippen molar-refractivity contribution in [1.29, 1.82) is 0 Å². The van der Waals surface area contributed by atoms with Crippen LogP contribution in [0.4, 0.5) is 5.69 Å². The molecule has 8 nitrogen and oxygen atoms in total. The molecular weight excluding hydrogens is 416 g/mol. The van der Waals surface area contributed by atoms with E-state index in [9.17, 15) is 8.42 Å². The summed E-state index contributed by atoms with van der Waals surface area (Å²) in [6, 6.07) is 17.0. The molecule has 2 heterocycles. The van der Waals surface area contributed by atoms with Crippen molar-refractivity contribution >= 4 is 15.7 Å². The molecule has 0 bridgehead atoms. The van der Waals surface area contributed by atoms with Crippen molar-refractivity contribution in [3.63, 3.8) is 0 Å². The lowest BCUT2D eigenvalue weighted by Gasteiger charge is -2.13. The van der Waals surface area contributed by atoms with Gasteiger partial charge in [0.25, 0.3) is 10.0 Å². The largest absolute Gasteiger partial charge is 0.495 e. The highest BCUT2D eigenvalue weighted by Crippen LogP contribution is 2.28. The molecule has 0 saturated heterocycles. The van der Waals surface area contributed by atoms with Gasteiger partial charge < -0.3 is 14.0 Å². The molecule has 0 radical (unpaired) electrons. The van der Waals surface area contributed by atoms with E-state index >= 15 is 0 Å². The SMILES string of the molecule is COc1ccc(C)cc1S(=O)(=O)Nc1ccc(Oc2cc(-n3cccc3)ncn2)cc1. The molecule has 0 fully saturated rings. The predicted molar refractivity (Wildman–Crippen MR) is 116 cm³/mol. The summed E-state index contributed by atoms with van der Waals surface area (Å²) in [6.45, 7) is 1.82. The van der Waals surface area contributed by atoms with Crippen LogP contribution in [0.25, 0.3) is 5.82 Å². The Hall–Kier alpha value is -3.85. The van der Waals surface area contributed by atoms with Crippen LogP contribution in [0.1, 0.15) is 5.56 Å². The molecule has 0 unspecified atom stereocenters. The molecule has 0 saturated carbocycles. The molecular formula is C22H20N4O4S. The summed E-state index contributed by atoms with van der Waals surface area (Å²) in [5.74, 6) is 1.83. The molecule has 0 aliphatic heterocycles. The number of nitrogens with one attached hydrogen (secondary N) is 1. The summed E-state index contributed by atoms with van der Waals surface area (Å²) < 4.78 is 41.0. The maximum absolute atomic E-state index is 12.8. The van der Waals surface area contributed by atoms with Gasteiger partial charge in [0, 0.05) is 24.1 Å². The molecule has 2 aromatic heterocycles. The fraction of sp³-hybridized carbons (Fsp3) is 0.0909. The predicted octanol–water partition coefficient (Wildman–Crippen LogP) is 4.18. The van der Waals surface area contributed by atoms with Gasteiger partial charge in [0.2, 0.25) is 5.88 Å². The van der Waals surface area contributed by atoms with Gasteiger partial charge in [-0.25, -0.2) is 18.4 Å². The number of hydrogen-bond acceptors (Lipinski definition) is 6. The van der Waals surface area contributed by atoms with Crippen molar-refractivity contribution in [3.8, 4) is 23.2 Å². The monoisotopic (exact) mass is 436 g/mol. The minimum Gasteiger partial charge on any atom is -0.495 e. The Bertz CT molecular complexity index is 1290. The van der Waals surface area contributed by atoms with Crippen molar-refractivity contribution in [2.75, 3.05) is 11.8 Å². The lowest BCUT2D eigenvalue weighted by atomic mass is 10.2. The van der Waals surface area contributed by atoms with E-state index in [4.69, 9.17) is 9.47 Å². The summed E-state index contributed by atoms with van der Waals surface area (Å²) in [6.07, 6.45) is 5.16. The molecule has 0 atom stereocenters. The summed E-state index contributed by atoms with van der Waals surface area (Å²) in [7, 11) is -2.39. The molecule has 9 heteroatoms. The van der Waals surface area contributed by atoms with Gasteiger partial charge in [-0.05, 0) is 61.0 Å². The number of rotatable bonds is 7. The first kappa shape index (κ1) is 20.4. The third-order valence-corrected chi connectivity index (χ3v) is 5.84. The highest BCUT2D eigenvalue weighted by molar-refractivity contribution is 7.92. The van der Waals surface area contributed by atoms with Gasteiger partial charge in [0.15, 0.2) is 0 Å². The van der Waals surface area contributed by atoms with Crippen LogP contribution >= 0.6 is 0 Å². The van der Waals surface area contributed by atoms with E-state index in [0.717, 1.165) is 5.56 Å². The maximum Gasteiger partial charge on any atom is 0.265 e. The summed E-state index contributed by atoms with van der Waals surface area (Å²) >= 11 is 0. The Kier molecular flexibility index (Phi) is 5.59. The van der Waals surface area contributed by atoms with Crippen LogP contribution in [0.5, 0.6) is 17.4 Å². The summed E-state index contributed by atoms with van der Waals surface area (Å²) in [5.41, 5.74) is 1.21. The van der Waals surface area contributed by atoms with E-state index in [1.54, 1.807) is 48.5 Å². The first-order valence-corrected chi connectivity index (χ1v) is 10.8. The van der Waals surface area contributed by atoms with Gasteiger partial charge in [-0.1, -0.05) is 6.07 Å². The minimum atomic E-state index is -3.82. The third kappa shape index (κ3) is 4.67. The number of aromatic nitrogens is 3. The Morgan fingerprint density at radius 2 is 1.71 bits per heavy atom. The molecule has 0 amide bonds. The number of aryl methyl sites for hydroxylation is 1. The molecule has 158 valence electrons. The van der Waals surface area contributed by atoms with Crippen LogP contribution in [0.2, 0.25) is 0 Å². The molecule has 31 heavy (non-hydrogen) atoms. The molecule has 0 aliphatic carbocycles. The first-order chi connectivity index (χ1) is 14.9. The van der Waals surface area contributed by atoms with Crippen molar-refractivity contribution in [1.82, 2.24) is 14.5 Å². The van der Waals surface area contributed by atoms with E-state index in [-0.39, 0.29) is 10.6 Å². The Labute approximate surface area is 180 Å². The van der Waals surface area contributed by atoms with Gasteiger partial charge in [0.1, 0.15) is 28.5 Å². The Morgan fingerprint density at radius 1 is 0.968 bits per heavy atom. The lowest BCUT2D eigenvalue weighted by Crippen LogP contribution is -2.14. The van der Waals surface area contributed by atoms with Crippen LogP contribution in [0.15, 0.2) is 84.3 Å². The zero-order valence-electron chi connectivity index (χ0n) is 16.9. The van der Waals surface area contributed by atoms with E-state index in [2.05, 4.69) is 14.7 Å². The standard InChI is InChI=1S/C22H20N4O4S/c1-16-5-10-19(29-2)20(13-16)31(27,28)25-17-6-8-18(9-7-17)30-22-14-21(23-15-24-22)26-11-3-4-12-26/h3-15,25H,1-2H3. The first-order valence-electron chi connectivity index (χ1n) is 9.35. The van der Waals surface area contributed by atoms with Gasteiger partial charge in [0.05, 0.1) is 7.11 Å². The maximum atomic E-state index is 12.8. The van der Waals surface area contributed by atoms with Crippen molar-refractivity contribution in [2.45, 2.75) is 11.8 Å². The van der Waals surface area contributed by atoms with Crippen LogP contribution in [0, 0.1) is 6.92 Å². The second kappa shape index (κ2) is 8.49. The van der Waals surface area contributed by atoms with Crippen LogP contribution in [-0.4, -0.2) is 30.1 Å². The number of anilines is 1. The number of ether oxygens (including phenoxy) is 2. The average molecular weight is 436 g/mol. The van der Waals surface area contributed by atoms with Gasteiger partial charge in [-0.3, -0.25) is 4.72 Å².